The van der Waals surface area contributed by atoms with Gasteiger partial charge < -0.3 is 10.2 Å². The molecule has 0 atom stereocenters. The lowest BCUT2D eigenvalue weighted by Crippen LogP contribution is -2.36. The van der Waals surface area contributed by atoms with E-state index in [2.05, 4.69) is 24.2 Å². The molecule has 0 saturated heterocycles. The summed E-state index contributed by atoms with van der Waals surface area (Å²) >= 11 is 0. The summed E-state index contributed by atoms with van der Waals surface area (Å²) < 4.78 is 0. The third kappa shape index (κ3) is 12.2. The molecule has 0 spiro atoms. The fourth-order valence-corrected chi connectivity index (χ4v) is 1.67. The first-order chi connectivity index (χ1) is 7.57. The summed E-state index contributed by atoms with van der Waals surface area (Å²) in [4.78, 5) is 6.19. The molecule has 0 saturated carbocycles. The number of aliphatic imine (C=N–C) groups is 1. The maximum Gasteiger partial charge on any atom is 0.193 e. The molecule has 0 radical (unpaired) electrons. The highest BCUT2D eigenvalue weighted by atomic mass is 127. The van der Waals surface area contributed by atoms with E-state index in [1.807, 2.05) is 26.0 Å². The Labute approximate surface area is 124 Å². The van der Waals surface area contributed by atoms with Gasteiger partial charge in [0, 0.05) is 27.7 Å². The molecule has 0 rings (SSSR count). The third-order valence-electron chi connectivity index (χ3n) is 2.63. The molecule has 4 heteroatoms. The molecule has 0 aliphatic rings. The zero-order valence-corrected chi connectivity index (χ0v) is 14.5. The predicted molar refractivity (Wildman–Crippen MR) is 88.4 cm³/mol. The quantitative estimate of drug-likeness (QED) is 0.328. The number of nitrogens with zero attached hydrogens (tertiary/aromatic N) is 2. The minimum atomic E-state index is 0. The Kier molecular flexibility index (Phi) is 14.2. The molecule has 0 aliphatic carbocycles. The molecule has 17 heavy (non-hydrogen) atoms. The van der Waals surface area contributed by atoms with Gasteiger partial charge in [-0.15, -0.1) is 24.0 Å². The first-order valence-corrected chi connectivity index (χ1v) is 6.46. The second-order valence-corrected chi connectivity index (χ2v) is 4.97. The molecule has 0 aromatic carbocycles. The van der Waals surface area contributed by atoms with E-state index >= 15 is 0 Å². The first kappa shape index (κ1) is 19.3. The van der Waals surface area contributed by atoms with Crippen molar-refractivity contribution in [3.05, 3.63) is 0 Å². The summed E-state index contributed by atoms with van der Waals surface area (Å²) in [6.07, 6.45) is 6.67. The number of unbranched alkanes of at least 4 members (excludes halogenated alkanes) is 3. The lowest BCUT2D eigenvalue weighted by atomic mass is 10.0. The summed E-state index contributed by atoms with van der Waals surface area (Å²) in [7, 11) is 5.85. The van der Waals surface area contributed by atoms with Crippen LogP contribution < -0.4 is 5.32 Å². The van der Waals surface area contributed by atoms with Crippen LogP contribution in [0.3, 0.4) is 0 Å². The lowest BCUT2D eigenvalue weighted by molar-refractivity contribution is 0.515. The van der Waals surface area contributed by atoms with Crippen molar-refractivity contribution in [3.63, 3.8) is 0 Å². The molecule has 0 aromatic rings. The summed E-state index contributed by atoms with van der Waals surface area (Å²) in [5.41, 5.74) is 0. The van der Waals surface area contributed by atoms with Crippen LogP contribution in [0, 0.1) is 5.92 Å². The van der Waals surface area contributed by atoms with Crippen molar-refractivity contribution in [3.8, 4) is 0 Å². The van der Waals surface area contributed by atoms with Gasteiger partial charge in [-0.2, -0.15) is 0 Å². The number of hydrogen-bond donors (Lipinski definition) is 1. The van der Waals surface area contributed by atoms with Gasteiger partial charge in [0.2, 0.25) is 0 Å². The average molecular weight is 355 g/mol. The average Bonchev–Trinajstić information content (AvgIpc) is 2.21. The molecular weight excluding hydrogens is 325 g/mol. The molecule has 0 unspecified atom stereocenters. The highest BCUT2D eigenvalue weighted by Gasteiger charge is 1.98. The Morgan fingerprint density at radius 2 is 1.71 bits per heavy atom. The van der Waals surface area contributed by atoms with Crippen LogP contribution in [0.25, 0.3) is 0 Å². The topological polar surface area (TPSA) is 27.6 Å². The van der Waals surface area contributed by atoms with Gasteiger partial charge in [0.25, 0.3) is 0 Å². The van der Waals surface area contributed by atoms with Crippen molar-refractivity contribution in [2.45, 2.75) is 46.0 Å². The number of nitrogens with one attached hydrogen (secondary N) is 1. The largest absolute Gasteiger partial charge is 0.356 e. The molecule has 0 aliphatic heterocycles. The highest BCUT2D eigenvalue weighted by molar-refractivity contribution is 14.0. The van der Waals surface area contributed by atoms with E-state index in [9.17, 15) is 0 Å². The SMILES string of the molecule is CN=C(NCCCCCCC(C)C)N(C)C.I. The normalized spacial score (nSPS) is 11.3. The standard InChI is InChI=1S/C13H29N3.HI/c1-12(2)10-8-6-7-9-11-15-13(14-3)16(4)5;/h12H,6-11H2,1-5H3,(H,14,15);1H. The fourth-order valence-electron chi connectivity index (χ4n) is 1.67. The van der Waals surface area contributed by atoms with Crippen LogP contribution in [-0.2, 0) is 0 Å². The number of guanidine groups is 1. The Bertz CT molecular complexity index is 191. The molecule has 0 heterocycles. The third-order valence-corrected chi connectivity index (χ3v) is 2.63. The van der Waals surface area contributed by atoms with Crippen molar-refractivity contribution in [2.75, 3.05) is 27.7 Å². The second kappa shape index (κ2) is 12.5. The van der Waals surface area contributed by atoms with Crippen molar-refractivity contribution >= 4 is 29.9 Å². The number of rotatable bonds is 7. The minimum absolute atomic E-state index is 0. The van der Waals surface area contributed by atoms with E-state index in [1.54, 1.807) is 0 Å². The van der Waals surface area contributed by atoms with Crippen LogP contribution in [0.4, 0.5) is 0 Å². The monoisotopic (exact) mass is 355 g/mol. The maximum absolute atomic E-state index is 4.18. The Hall–Kier alpha value is 0. The summed E-state index contributed by atoms with van der Waals surface area (Å²) in [5.74, 6) is 1.83. The van der Waals surface area contributed by atoms with Crippen LogP contribution in [-0.4, -0.2) is 38.5 Å². The molecule has 0 fully saturated rings. The Morgan fingerprint density at radius 3 is 2.18 bits per heavy atom. The van der Waals surface area contributed by atoms with Crippen molar-refractivity contribution in [1.82, 2.24) is 10.2 Å². The van der Waals surface area contributed by atoms with Crippen LogP contribution in [0.5, 0.6) is 0 Å². The van der Waals surface area contributed by atoms with E-state index in [0.717, 1.165) is 18.4 Å². The van der Waals surface area contributed by atoms with Crippen LogP contribution in [0.2, 0.25) is 0 Å². The van der Waals surface area contributed by atoms with Crippen LogP contribution in [0.1, 0.15) is 46.0 Å². The second-order valence-electron chi connectivity index (χ2n) is 4.97. The zero-order valence-electron chi connectivity index (χ0n) is 12.1. The molecule has 0 aromatic heterocycles. The molecule has 104 valence electrons. The summed E-state index contributed by atoms with van der Waals surface area (Å²) in [6, 6.07) is 0. The van der Waals surface area contributed by atoms with Gasteiger partial charge in [-0.05, 0) is 12.3 Å². The van der Waals surface area contributed by atoms with Gasteiger partial charge in [0.05, 0.1) is 0 Å². The van der Waals surface area contributed by atoms with E-state index in [0.29, 0.717) is 0 Å². The predicted octanol–water partition coefficient (Wildman–Crippen LogP) is 3.35. The van der Waals surface area contributed by atoms with Crippen molar-refractivity contribution < 1.29 is 0 Å². The molecule has 3 nitrogen and oxygen atoms in total. The van der Waals surface area contributed by atoms with Gasteiger partial charge >= 0.3 is 0 Å². The van der Waals surface area contributed by atoms with E-state index in [4.69, 9.17) is 0 Å². The summed E-state index contributed by atoms with van der Waals surface area (Å²) in [6.45, 7) is 5.62. The molecule has 0 bridgehead atoms. The van der Waals surface area contributed by atoms with Crippen molar-refractivity contribution in [2.24, 2.45) is 10.9 Å². The highest BCUT2D eigenvalue weighted by Crippen LogP contribution is 2.08. The van der Waals surface area contributed by atoms with Gasteiger partial charge in [-0.25, -0.2) is 0 Å². The molecule has 0 amide bonds. The number of halogens is 1. The number of hydrogen-bond acceptors (Lipinski definition) is 1. The van der Waals surface area contributed by atoms with E-state index in [1.165, 1.54) is 32.1 Å². The first-order valence-electron chi connectivity index (χ1n) is 6.46. The maximum atomic E-state index is 4.18. The summed E-state index contributed by atoms with van der Waals surface area (Å²) in [5, 5.41) is 3.34. The van der Waals surface area contributed by atoms with Gasteiger partial charge in [-0.3, -0.25) is 4.99 Å². The molecule has 1 N–H and O–H groups in total. The van der Waals surface area contributed by atoms with Gasteiger partial charge in [-0.1, -0.05) is 39.5 Å². The van der Waals surface area contributed by atoms with Gasteiger partial charge in [0.15, 0.2) is 5.96 Å². The van der Waals surface area contributed by atoms with E-state index < -0.39 is 0 Å². The van der Waals surface area contributed by atoms with Crippen LogP contribution in [0.15, 0.2) is 4.99 Å². The van der Waals surface area contributed by atoms with Crippen molar-refractivity contribution in [1.29, 1.82) is 0 Å². The Morgan fingerprint density at radius 1 is 1.12 bits per heavy atom. The minimum Gasteiger partial charge on any atom is -0.356 e. The van der Waals surface area contributed by atoms with E-state index in [-0.39, 0.29) is 24.0 Å². The Balaban J connectivity index is 0. The van der Waals surface area contributed by atoms with Gasteiger partial charge in [0.1, 0.15) is 0 Å². The zero-order chi connectivity index (χ0) is 12.4. The van der Waals surface area contributed by atoms with Crippen LogP contribution >= 0.6 is 24.0 Å². The molecular formula is C13H30IN3. The lowest BCUT2D eigenvalue weighted by Gasteiger charge is -2.16. The smallest absolute Gasteiger partial charge is 0.193 e. The fraction of sp³-hybridized carbons (Fsp3) is 0.923.